The second-order valence-electron chi connectivity index (χ2n) is 5.67. The van der Waals surface area contributed by atoms with Crippen molar-refractivity contribution in [2.75, 3.05) is 17.7 Å². The van der Waals surface area contributed by atoms with Gasteiger partial charge in [-0.3, -0.25) is 0 Å². The molecule has 0 atom stereocenters. The molecule has 0 amide bonds. The Balaban J connectivity index is 1.72. The van der Waals surface area contributed by atoms with E-state index in [1.807, 2.05) is 43.3 Å². The zero-order chi connectivity index (χ0) is 18.5. The van der Waals surface area contributed by atoms with Crippen LogP contribution < -0.4 is 15.4 Å². The van der Waals surface area contributed by atoms with Crippen molar-refractivity contribution in [2.24, 2.45) is 0 Å². The van der Waals surface area contributed by atoms with Crippen molar-refractivity contribution in [1.82, 2.24) is 9.97 Å². The van der Waals surface area contributed by atoms with Gasteiger partial charge in [-0.05, 0) is 42.8 Å². The van der Waals surface area contributed by atoms with Gasteiger partial charge in [0.25, 0.3) is 0 Å². The third-order valence-electron chi connectivity index (χ3n) is 3.66. The number of aryl methyl sites for hydroxylation is 1. The van der Waals surface area contributed by atoms with Gasteiger partial charge in [-0.15, -0.1) is 0 Å². The molecule has 0 saturated heterocycles. The van der Waals surface area contributed by atoms with Gasteiger partial charge < -0.3 is 15.4 Å². The van der Waals surface area contributed by atoms with E-state index in [4.69, 9.17) is 27.9 Å². The molecule has 7 heteroatoms. The molecule has 3 rings (SSSR count). The van der Waals surface area contributed by atoms with Crippen molar-refractivity contribution < 1.29 is 4.74 Å². The summed E-state index contributed by atoms with van der Waals surface area (Å²) in [4.78, 5) is 8.91. The Hall–Kier alpha value is -2.50. The molecule has 0 bridgehead atoms. The van der Waals surface area contributed by atoms with Gasteiger partial charge in [0.15, 0.2) is 0 Å². The van der Waals surface area contributed by atoms with Crippen molar-refractivity contribution in [3.63, 3.8) is 0 Å². The highest BCUT2D eigenvalue weighted by atomic mass is 35.5. The maximum absolute atomic E-state index is 6.21. The lowest BCUT2D eigenvalue weighted by Gasteiger charge is -2.11. The molecule has 0 fully saturated rings. The number of benzene rings is 2. The first-order chi connectivity index (χ1) is 12.5. The molecule has 0 aliphatic heterocycles. The van der Waals surface area contributed by atoms with E-state index < -0.39 is 0 Å². The van der Waals surface area contributed by atoms with Crippen LogP contribution in [0.2, 0.25) is 10.0 Å². The van der Waals surface area contributed by atoms with Gasteiger partial charge >= 0.3 is 0 Å². The molecule has 134 valence electrons. The van der Waals surface area contributed by atoms with Crippen molar-refractivity contribution in [3.8, 4) is 5.75 Å². The van der Waals surface area contributed by atoms with E-state index in [0.717, 1.165) is 22.7 Å². The first-order valence-electron chi connectivity index (χ1n) is 7.98. The molecule has 3 aromatic rings. The summed E-state index contributed by atoms with van der Waals surface area (Å²) >= 11 is 12.1. The average Bonchev–Trinajstić information content (AvgIpc) is 2.62. The standard InChI is InChI=1S/C19H18Cl2N4O/c1-12-9-18(24-17-8-5-14(20)10-16(17)21)25-19(23-12)22-11-13-3-6-15(26-2)7-4-13/h3-10H,11H2,1-2H3,(H2,22,23,24,25). The highest BCUT2D eigenvalue weighted by Crippen LogP contribution is 2.28. The quantitative estimate of drug-likeness (QED) is 0.587. The highest BCUT2D eigenvalue weighted by molar-refractivity contribution is 6.36. The van der Waals surface area contributed by atoms with Crippen molar-refractivity contribution in [1.29, 1.82) is 0 Å². The molecule has 0 aliphatic carbocycles. The number of hydrogen-bond donors (Lipinski definition) is 2. The van der Waals surface area contributed by atoms with Gasteiger partial charge in [-0.25, -0.2) is 4.98 Å². The largest absolute Gasteiger partial charge is 0.497 e. The van der Waals surface area contributed by atoms with Gasteiger partial charge in [0.1, 0.15) is 11.6 Å². The number of methoxy groups -OCH3 is 1. The Labute approximate surface area is 162 Å². The Morgan fingerprint density at radius 2 is 1.77 bits per heavy atom. The van der Waals surface area contributed by atoms with Crippen molar-refractivity contribution in [3.05, 3.63) is 69.8 Å². The zero-order valence-electron chi connectivity index (χ0n) is 14.4. The molecule has 0 radical (unpaired) electrons. The SMILES string of the molecule is COc1ccc(CNc2nc(C)cc(Nc3ccc(Cl)cc3Cl)n2)cc1. The average molecular weight is 389 g/mol. The van der Waals surface area contributed by atoms with E-state index in [0.29, 0.717) is 28.4 Å². The molecule has 0 spiro atoms. The zero-order valence-corrected chi connectivity index (χ0v) is 15.9. The summed E-state index contributed by atoms with van der Waals surface area (Å²) in [6, 6.07) is 14.9. The van der Waals surface area contributed by atoms with Crippen LogP contribution in [0.3, 0.4) is 0 Å². The Kier molecular flexibility index (Phi) is 5.81. The van der Waals surface area contributed by atoms with Crippen LogP contribution in [0.5, 0.6) is 5.75 Å². The minimum atomic E-state index is 0.529. The summed E-state index contributed by atoms with van der Waals surface area (Å²) in [7, 11) is 1.65. The third-order valence-corrected chi connectivity index (χ3v) is 4.21. The van der Waals surface area contributed by atoms with Crippen molar-refractivity contribution >= 4 is 40.7 Å². The minimum Gasteiger partial charge on any atom is -0.497 e. The van der Waals surface area contributed by atoms with Crippen LogP contribution in [0.15, 0.2) is 48.5 Å². The summed E-state index contributed by atoms with van der Waals surface area (Å²) in [6.45, 7) is 2.52. The Morgan fingerprint density at radius 3 is 2.46 bits per heavy atom. The summed E-state index contributed by atoms with van der Waals surface area (Å²) in [5.41, 5.74) is 2.67. The molecule has 2 aromatic carbocycles. The second-order valence-corrected chi connectivity index (χ2v) is 6.51. The van der Waals surface area contributed by atoms with Crippen molar-refractivity contribution in [2.45, 2.75) is 13.5 Å². The normalized spacial score (nSPS) is 10.5. The molecule has 2 N–H and O–H groups in total. The molecule has 5 nitrogen and oxygen atoms in total. The van der Waals surface area contributed by atoms with Crippen LogP contribution in [0, 0.1) is 6.92 Å². The molecular formula is C19H18Cl2N4O. The first-order valence-corrected chi connectivity index (χ1v) is 8.73. The molecule has 1 heterocycles. The van der Waals surface area contributed by atoms with Crippen LogP contribution in [0.4, 0.5) is 17.5 Å². The fourth-order valence-corrected chi connectivity index (χ4v) is 2.82. The van der Waals surface area contributed by atoms with Crippen LogP contribution in [-0.2, 0) is 6.54 Å². The van der Waals surface area contributed by atoms with Gasteiger partial charge in [0.05, 0.1) is 17.8 Å². The third kappa shape index (κ3) is 4.77. The fourth-order valence-electron chi connectivity index (χ4n) is 2.36. The monoisotopic (exact) mass is 388 g/mol. The fraction of sp³-hybridized carbons (Fsp3) is 0.158. The molecule has 0 aliphatic rings. The molecular weight excluding hydrogens is 371 g/mol. The predicted octanol–water partition coefficient (Wildman–Crippen LogP) is 5.46. The summed E-state index contributed by atoms with van der Waals surface area (Å²) in [5.74, 6) is 2.01. The number of nitrogens with one attached hydrogen (secondary N) is 2. The minimum absolute atomic E-state index is 0.529. The number of anilines is 3. The topological polar surface area (TPSA) is 59.1 Å². The van der Waals surface area contributed by atoms with E-state index in [9.17, 15) is 0 Å². The Bertz CT molecular complexity index is 901. The van der Waals surface area contributed by atoms with Crippen LogP contribution >= 0.6 is 23.2 Å². The number of rotatable bonds is 6. The van der Waals surface area contributed by atoms with Gasteiger partial charge in [0, 0.05) is 23.3 Å². The number of aromatic nitrogens is 2. The number of hydrogen-bond acceptors (Lipinski definition) is 5. The van der Waals surface area contributed by atoms with Gasteiger partial charge in [-0.1, -0.05) is 35.3 Å². The lowest BCUT2D eigenvalue weighted by atomic mass is 10.2. The molecule has 0 saturated carbocycles. The summed E-state index contributed by atoms with van der Waals surface area (Å²) < 4.78 is 5.16. The molecule has 26 heavy (non-hydrogen) atoms. The van der Waals surface area contributed by atoms with Crippen LogP contribution in [-0.4, -0.2) is 17.1 Å². The second kappa shape index (κ2) is 8.25. The molecule has 0 unspecified atom stereocenters. The maximum Gasteiger partial charge on any atom is 0.225 e. The van der Waals surface area contributed by atoms with Gasteiger partial charge in [-0.2, -0.15) is 4.98 Å². The summed E-state index contributed by atoms with van der Waals surface area (Å²) in [6.07, 6.45) is 0. The van der Waals surface area contributed by atoms with E-state index in [1.54, 1.807) is 19.2 Å². The van der Waals surface area contributed by atoms with Crippen LogP contribution in [0.1, 0.15) is 11.3 Å². The lowest BCUT2D eigenvalue weighted by Crippen LogP contribution is -2.06. The predicted molar refractivity (Wildman–Crippen MR) is 107 cm³/mol. The number of nitrogens with zero attached hydrogens (tertiary/aromatic N) is 2. The first kappa shape index (κ1) is 18.3. The van der Waals surface area contributed by atoms with Gasteiger partial charge in [0.2, 0.25) is 5.95 Å². The summed E-state index contributed by atoms with van der Waals surface area (Å²) in [5, 5.41) is 7.54. The van der Waals surface area contributed by atoms with E-state index in [2.05, 4.69) is 20.6 Å². The van der Waals surface area contributed by atoms with E-state index in [1.165, 1.54) is 0 Å². The Morgan fingerprint density at radius 1 is 1.00 bits per heavy atom. The lowest BCUT2D eigenvalue weighted by molar-refractivity contribution is 0.414. The maximum atomic E-state index is 6.21. The highest BCUT2D eigenvalue weighted by Gasteiger charge is 2.06. The van der Waals surface area contributed by atoms with E-state index >= 15 is 0 Å². The van der Waals surface area contributed by atoms with E-state index in [-0.39, 0.29) is 0 Å². The number of ether oxygens (including phenoxy) is 1. The smallest absolute Gasteiger partial charge is 0.225 e. The number of halogens is 2. The molecule has 1 aromatic heterocycles. The van der Waals surface area contributed by atoms with Crippen LogP contribution in [0.25, 0.3) is 0 Å².